The molecule has 0 heterocycles. The minimum absolute atomic E-state index is 0.0940. The van der Waals surface area contributed by atoms with Crippen LogP contribution in [0.25, 0.3) is 0 Å². The summed E-state index contributed by atoms with van der Waals surface area (Å²) in [5.41, 5.74) is 1.84. The Morgan fingerprint density at radius 1 is 1.19 bits per heavy atom. The molecule has 0 unspecified atom stereocenters. The van der Waals surface area contributed by atoms with Crippen LogP contribution in [0.15, 0.2) is 36.6 Å². The van der Waals surface area contributed by atoms with Gasteiger partial charge in [0, 0.05) is 0 Å². The number of allylic oxidation sites excluding steroid dienone is 1. The lowest BCUT2D eigenvalue weighted by molar-refractivity contribution is 0.0628. The molecular weight excluding hydrogens is 200 g/mol. The topological polar surface area (TPSA) is 26.3 Å². The average molecular weight is 218 g/mol. The Morgan fingerprint density at radius 2 is 1.69 bits per heavy atom. The molecule has 0 aliphatic rings. The van der Waals surface area contributed by atoms with Crippen LogP contribution in [0.2, 0.25) is 0 Å². The highest BCUT2D eigenvalue weighted by Crippen LogP contribution is 2.22. The fourth-order valence-electron chi connectivity index (χ4n) is 1.32. The van der Waals surface area contributed by atoms with Crippen LogP contribution in [0, 0.1) is 0 Å². The van der Waals surface area contributed by atoms with E-state index in [0.29, 0.717) is 11.3 Å². The van der Waals surface area contributed by atoms with Crippen molar-refractivity contribution < 1.29 is 9.53 Å². The Hall–Kier alpha value is -1.57. The molecule has 86 valence electrons. The van der Waals surface area contributed by atoms with E-state index in [1.165, 1.54) is 5.56 Å². The molecule has 0 bridgehead atoms. The molecular formula is C14H18O2. The summed E-state index contributed by atoms with van der Waals surface area (Å²) in [6, 6.07) is 7.47. The summed E-state index contributed by atoms with van der Waals surface area (Å²) in [5.74, 6) is 0.0536. The third-order valence-electron chi connectivity index (χ3n) is 2.25. The molecule has 0 fully saturated rings. The van der Waals surface area contributed by atoms with Crippen molar-refractivity contribution >= 4 is 5.97 Å². The van der Waals surface area contributed by atoms with Gasteiger partial charge in [0.25, 0.3) is 0 Å². The van der Waals surface area contributed by atoms with E-state index in [0.717, 1.165) is 0 Å². The number of carbonyl (C=O) groups excluding carboxylic acids is 1. The summed E-state index contributed by atoms with van der Waals surface area (Å²) < 4.78 is 4.93. The predicted octanol–water partition coefficient (Wildman–Crippen LogP) is 3.67. The van der Waals surface area contributed by atoms with E-state index in [9.17, 15) is 4.79 Å². The molecule has 0 aromatic heterocycles. The summed E-state index contributed by atoms with van der Waals surface area (Å²) >= 11 is 0. The summed E-state index contributed by atoms with van der Waals surface area (Å²) in [7, 11) is 0. The van der Waals surface area contributed by atoms with Gasteiger partial charge in [-0.05, 0) is 30.0 Å². The van der Waals surface area contributed by atoms with Gasteiger partial charge in [-0.15, -0.1) is 0 Å². The predicted molar refractivity (Wildman–Crippen MR) is 65.4 cm³/mol. The standard InChI is InChI=1S/C14H18O2/c1-10(2)16-13(15)11-6-8-12(9-7-11)14(3,4)5/h6-9H,1H2,2-5H3. The Kier molecular flexibility index (Phi) is 3.53. The van der Waals surface area contributed by atoms with Crippen molar-refractivity contribution in [3.8, 4) is 0 Å². The van der Waals surface area contributed by atoms with Crippen molar-refractivity contribution in [1.29, 1.82) is 0 Å². The number of hydrogen-bond acceptors (Lipinski definition) is 2. The van der Waals surface area contributed by atoms with Crippen LogP contribution in [-0.2, 0) is 10.2 Å². The number of esters is 1. The molecule has 0 spiro atoms. The molecule has 0 N–H and O–H groups in total. The molecule has 0 saturated heterocycles. The lowest BCUT2D eigenvalue weighted by Crippen LogP contribution is -2.11. The summed E-state index contributed by atoms with van der Waals surface area (Å²) in [6.07, 6.45) is 0. The molecule has 1 rings (SSSR count). The number of rotatable bonds is 2. The number of ether oxygens (including phenoxy) is 1. The van der Waals surface area contributed by atoms with E-state index < -0.39 is 0 Å². The van der Waals surface area contributed by atoms with Crippen LogP contribution < -0.4 is 0 Å². The van der Waals surface area contributed by atoms with Crippen molar-refractivity contribution in [3.05, 3.63) is 47.7 Å². The second-order valence-corrected chi connectivity index (χ2v) is 4.92. The molecule has 16 heavy (non-hydrogen) atoms. The van der Waals surface area contributed by atoms with E-state index in [1.54, 1.807) is 19.1 Å². The first-order valence-electron chi connectivity index (χ1n) is 5.29. The fourth-order valence-corrected chi connectivity index (χ4v) is 1.32. The van der Waals surface area contributed by atoms with Crippen LogP contribution in [0.1, 0.15) is 43.6 Å². The van der Waals surface area contributed by atoms with Crippen LogP contribution >= 0.6 is 0 Å². The van der Waals surface area contributed by atoms with Crippen molar-refractivity contribution in [2.75, 3.05) is 0 Å². The summed E-state index contributed by atoms with van der Waals surface area (Å²) in [6.45, 7) is 11.6. The van der Waals surface area contributed by atoms with E-state index in [2.05, 4.69) is 27.4 Å². The van der Waals surface area contributed by atoms with Crippen LogP contribution in [-0.4, -0.2) is 5.97 Å². The molecule has 1 aromatic carbocycles. The largest absolute Gasteiger partial charge is 0.428 e. The molecule has 0 saturated carbocycles. The van der Waals surface area contributed by atoms with E-state index in [1.807, 2.05) is 12.1 Å². The zero-order valence-electron chi connectivity index (χ0n) is 10.3. The second-order valence-electron chi connectivity index (χ2n) is 4.92. The van der Waals surface area contributed by atoms with Gasteiger partial charge in [0.2, 0.25) is 0 Å². The third kappa shape index (κ3) is 3.23. The first-order valence-corrected chi connectivity index (χ1v) is 5.29. The van der Waals surface area contributed by atoms with E-state index in [4.69, 9.17) is 4.74 Å². The lowest BCUT2D eigenvalue weighted by Gasteiger charge is -2.18. The van der Waals surface area contributed by atoms with Crippen LogP contribution in [0.5, 0.6) is 0 Å². The van der Waals surface area contributed by atoms with Gasteiger partial charge in [-0.2, -0.15) is 0 Å². The Bertz CT molecular complexity index is 394. The van der Waals surface area contributed by atoms with Gasteiger partial charge in [0.15, 0.2) is 0 Å². The highest BCUT2D eigenvalue weighted by Gasteiger charge is 2.14. The SMILES string of the molecule is C=C(C)OC(=O)c1ccc(C(C)(C)C)cc1. The van der Waals surface area contributed by atoms with E-state index in [-0.39, 0.29) is 11.4 Å². The molecule has 1 aromatic rings. The summed E-state index contributed by atoms with van der Waals surface area (Å²) in [4.78, 5) is 11.5. The second kappa shape index (κ2) is 4.52. The van der Waals surface area contributed by atoms with Crippen LogP contribution in [0.4, 0.5) is 0 Å². The normalized spacial score (nSPS) is 11.0. The minimum Gasteiger partial charge on any atom is -0.428 e. The zero-order chi connectivity index (χ0) is 12.3. The van der Waals surface area contributed by atoms with Gasteiger partial charge in [-0.1, -0.05) is 39.5 Å². The van der Waals surface area contributed by atoms with Gasteiger partial charge in [-0.3, -0.25) is 0 Å². The smallest absolute Gasteiger partial charge is 0.343 e. The van der Waals surface area contributed by atoms with Gasteiger partial charge >= 0.3 is 5.97 Å². The lowest BCUT2D eigenvalue weighted by atomic mass is 9.87. The third-order valence-corrected chi connectivity index (χ3v) is 2.25. The van der Waals surface area contributed by atoms with Crippen molar-refractivity contribution in [1.82, 2.24) is 0 Å². The molecule has 2 nitrogen and oxygen atoms in total. The van der Waals surface area contributed by atoms with Crippen molar-refractivity contribution in [2.45, 2.75) is 33.1 Å². The maximum absolute atomic E-state index is 11.5. The molecule has 0 amide bonds. The monoisotopic (exact) mass is 218 g/mol. The van der Waals surface area contributed by atoms with Gasteiger partial charge < -0.3 is 4.74 Å². The van der Waals surface area contributed by atoms with Gasteiger partial charge in [-0.25, -0.2) is 4.79 Å². The maximum atomic E-state index is 11.5. The van der Waals surface area contributed by atoms with Gasteiger partial charge in [0.05, 0.1) is 11.3 Å². The average Bonchev–Trinajstić information content (AvgIpc) is 2.15. The van der Waals surface area contributed by atoms with Crippen molar-refractivity contribution in [2.24, 2.45) is 0 Å². The first kappa shape index (κ1) is 12.5. The molecule has 0 atom stereocenters. The molecule has 2 heteroatoms. The molecule has 0 aliphatic heterocycles. The zero-order valence-corrected chi connectivity index (χ0v) is 10.3. The van der Waals surface area contributed by atoms with Gasteiger partial charge in [0.1, 0.15) is 0 Å². The fraction of sp³-hybridized carbons (Fsp3) is 0.357. The highest BCUT2D eigenvalue weighted by atomic mass is 16.5. The van der Waals surface area contributed by atoms with E-state index >= 15 is 0 Å². The molecule has 0 aliphatic carbocycles. The summed E-state index contributed by atoms with van der Waals surface area (Å²) in [5, 5.41) is 0. The Morgan fingerprint density at radius 3 is 2.06 bits per heavy atom. The maximum Gasteiger partial charge on any atom is 0.343 e. The Labute approximate surface area is 96.9 Å². The quantitative estimate of drug-likeness (QED) is 0.559. The van der Waals surface area contributed by atoms with Crippen molar-refractivity contribution in [3.63, 3.8) is 0 Å². The molecule has 0 radical (unpaired) electrons. The number of benzene rings is 1. The first-order chi connectivity index (χ1) is 7.30. The highest BCUT2D eigenvalue weighted by molar-refractivity contribution is 5.90. The minimum atomic E-state index is -0.354. The Balaban J connectivity index is 2.87. The van der Waals surface area contributed by atoms with Crippen LogP contribution in [0.3, 0.4) is 0 Å². The number of carbonyl (C=O) groups is 1. The number of hydrogen-bond donors (Lipinski definition) is 0.